The van der Waals surface area contributed by atoms with Gasteiger partial charge in [0.05, 0.1) is 22.5 Å². The molecular weight excluding hydrogens is 508 g/mol. The average molecular weight is 527 g/mol. The Bertz CT molecular complexity index is 1850. The molecule has 0 saturated carbocycles. The molecule has 0 fully saturated rings. The number of benzene rings is 5. The van der Waals surface area contributed by atoms with Crippen molar-refractivity contribution in [2.45, 2.75) is 9.79 Å². The van der Waals surface area contributed by atoms with E-state index in [0.29, 0.717) is 32.6 Å². The first kappa shape index (κ1) is 23.1. The van der Waals surface area contributed by atoms with E-state index in [-0.39, 0.29) is 16.7 Å². The van der Waals surface area contributed by atoms with E-state index in [1.54, 1.807) is 66.7 Å². The molecule has 0 bridgehead atoms. The highest BCUT2D eigenvalue weighted by molar-refractivity contribution is 7.99. The Kier molecular flexibility index (Phi) is 5.21. The van der Waals surface area contributed by atoms with Crippen LogP contribution in [-0.4, -0.2) is 23.6 Å². The SMILES string of the molecule is O=C1c2ccc3c4c(c(Sc5ccccc5)cc(c24)C(=O)N1c1ccccc1)C(=O)N(c1ccccc1)C3=O. The predicted octanol–water partition coefficient (Wildman–Crippen LogP) is 6.59. The van der Waals surface area contributed by atoms with E-state index in [1.807, 2.05) is 42.5 Å². The Morgan fingerprint density at radius 3 is 1.49 bits per heavy atom. The van der Waals surface area contributed by atoms with E-state index in [1.165, 1.54) is 11.8 Å². The standard InChI is InChI=1S/C32H18N2O4S/c35-29-22-16-17-23-27-26(22)24(31(37)33(29)19-10-4-1-5-11-19)18-25(39-21-14-8-3-9-15-21)28(27)32(38)34(30(23)36)20-12-6-2-7-13-20/h1-18H. The van der Waals surface area contributed by atoms with Gasteiger partial charge in [0.2, 0.25) is 0 Å². The molecule has 39 heavy (non-hydrogen) atoms. The van der Waals surface area contributed by atoms with Crippen molar-refractivity contribution in [3.05, 3.63) is 131 Å². The van der Waals surface area contributed by atoms with Crippen LogP contribution in [-0.2, 0) is 0 Å². The molecule has 7 rings (SSSR count). The minimum Gasteiger partial charge on any atom is -0.268 e. The van der Waals surface area contributed by atoms with Crippen molar-refractivity contribution >= 4 is 57.5 Å². The minimum atomic E-state index is -0.498. The lowest BCUT2D eigenvalue weighted by molar-refractivity contribution is 0.0871. The van der Waals surface area contributed by atoms with Crippen LogP contribution in [0.25, 0.3) is 10.8 Å². The number of nitrogens with zero attached hydrogens (tertiary/aromatic N) is 2. The summed E-state index contributed by atoms with van der Waals surface area (Å²) in [5.74, 6) is -1.98. The average Bonchev–Trinajstić information content (AvgIpc) is 2.97. The maximum absolute atomic E-state index is 14.1. The molecule has 0 saturated heterocycles. The number of carbonyl (C=O) groups is 4. The molecule has 5 aromatic carbocycles. The summed E-state index contributed by atoms with van der Waals surface area (Å²) in [7, 11) is 0. The van der Waals surface area contributed by atoms with Crippen molar-refractivity contribution in [3.63, 3.8) is 0 Å². The number of rotatable bonds is 4. The molecule has 4 amide bonds. The van der Waals surface area contributed by atoms with E-state index in [4.69, 9.17) is 0 Å². The molecular formula is C32H18N2O4S. The normalized spacial score (nSPS) is 14.4. The summed E-state index contributed by atoms with van der Waals surface area (Å²) in [6, 6.07) is 31.9. The molecule has 7 heteroatoms. The Balaban J connectivity index is 1.53. The van der Waals surface area contributed by atoms with Crippen LogP contribution in [0, 0.1) is 0 Å². The van der Waals surface area contributed by atoms with Gasteiger partial charge in [-0.05, 0) is 54.6 Å². The summed E-state index contributed by atoms with van der Waals surface area (Å²) in [6.45, 7) is 0. The van der Waals surface area contributed by atoms with Crippen LogP contribution >= 0.6 is 11.8 Å². The Morgan fingerprint density at radius 1 is 0.462 bits per heavy atom. The highest BCUT2D eigenvalue weighted by Gasteiger charge is 2.42. The smallest absolute Gasteiger partial charge is 0.267 e. The van der Waals surface area contributed by atoms with Gasteiger partial charge in [0.1, 0.15) is 0 Å². The molecule has 5 aromatic rings. The number of hydrogen-bond donors (Lipinski definition) is 0. The Labute approximate surface area is 227 Å². The molecule has 0 radical (unpaired) electrons. The van der Waals surface area contributed by atoms with Crippen LogP contribution in [0.2, 0.25) is 0 Å². The molecule has 0 atom stereocenters. The first-order valence-electron chi connectivity index (χ1n) is 12.3. The maximum Gasteiger partial charge on any atom is 0.267 e. The van der Waals surface area contributed by atoms with Crippen LogP contribution in [0.4, 0.5) is 11.4 Å². The Hall–Kier alpha value is -5.01. The fourth-order valence-corrected chi connectivity index (χ4v) is 6.27. The second-order valence-electron chi connectivity index (χ2n) is 9.19. The van der Waals surface area contributed by atoms with Crippen molar-refractivity contribution in [2.24, 2.45) is 0 Å². The fraction of sp³-hybridized carbons (Fsp3) is 0. The summed E-state index contributed by atoms with van der Waals surface area (Å²) >= 11 is 1.34. The van der Waals surface area contributed by atoms with Gasteiger partial charge < -0.3 is 0 Å². The summed E-state index contributed by atoms with van der Waals surface area (Å²) < 4.78 is 0. The third kappa shape index (κ3) is 3.44. The molecule has 0 spiro atoms. The van der Waals surface area contributed by atoms with Gasteiger partial charge in [0, 0.05) is 31.7 Å². The number of imide groups is 2. The van der Waals surface area contributed by atoms with Crippen LogP contribution in [0.15, 0.2) is 119 Å². The predicted molar refractivity (Wildman–Crippen MR) is 150 cm³/mol. The van der Waals surface area contributed by atoms with Crippen LogP contribution in [0.1, 0.15) is 41.4 Å². The third-order valence-electron chi connectivity index (χ3n) is 6.96. The third-order valence-corrected chi connectivity index (χ3v) is 8.01. The first-order valence-corrected chi connectivity index (χ1v) is 13.1. The summed E-state index contributed by atoms with van der Waals surface area (Å²) in [5.41, 5.74) is 2.03. The number of anilines is 2. The first-order chi connectivity index (χ1) is 19.0. The highest BCUT2D eigenvalue weighted by atomic mass is 32.2. The second kappa shape index (κ2) is 8.79. The van der Waals surface area contributed by atoms with E-state index >= 15 is 0 Å². The van der Waals surface area contributed by atoms with Gasteiger partial charge in [-0.15, -0.1) is 0 Å². The monoisotopic (exact) mass is 526 g/mol. The van der Waals surface area contributed by atoms with Crippen molar-refractivity contribution in [3.8, 4) is 0 Å². The van der Waals surface area contributed by atoms with Crippen LogP contribution < -0.4 is 9.80 Å². The van der Waals surface area contributed by atoms with Crippen molar-refractivity contribution in [1.29, 1.82) is 0 Å². The van der Waals surface area contributed by atoms with E-state index in [0.717, 1.165) is 14.7 Å². The second-order valence-corrected chi connectivity index (χ2v) is 10.3. The number of para-hydroxylation sites is 2. The molecule has 2 aliphatic rings. The van der Waals surface area contributed by atoms with Gasteiger partial charge in [-0.25, -0.2) is 9.80 Å². The van der Waals surface area contributed by atoms with Gasteiger partial charge >= 0.3 is 0 Å². The molecule has 0 unspecified atom stereocenters. The van der Waals surface area contributed by atoms with E-state index < -0.39 is 23.6 Å². The van der Waals surface area contributed by atoms with Crippen LogP contribution in [0.3, 0.4) is 0 Å². The lowest BCUT2D eigenvalue weighted by atomic mass is 9.85. The zero-order chi connectivity index (χ0) is 26.7. The molecule has 2 aliphatic heterocycles. The van der Waals surface area contributed by atoms with Gasteiger partial charge in [-0.3, -0.25) is 19.2 Å². The van der Waals surface area contributed by atoms with Crippen molar-refractivity contribution in [1.82, 2.24) is 0 Å². The molecule has 2 heterocycles. The zero-order valence-corrected chi connectivity index (χ0v) is 21.1. The summed E-state index contributed by atoms with van der Waals surface area (Å²) in [6.07, 6.45) is 0. The topological polar surface area (TPSA) is 74.8 Å². The molecule has 0 N–H and O–H groups in total. The van der Waals surface area contributed by atoms with Gasteiger partial charge in [-0.2, -0.15) is 0 Å². The van der Waals surface area contributed by atoms with Crippen molar-refractivity contribution in [2.75, 3.05) is 9.80 Å². The molecule has 186 valence electrons. The van der Waals surface area contributed by atoms with Crippen molar-refractivity contribution < 1.29 is 19.2 Å². The minimum absolute atomic E-state index is 0.276. The van der Waals surface area contributed by atoms with Crippen LogP contribution in [0.5, 0.6) is 0 Å². The number of carbonyl (C=O) groups excluding carboxylic acids is 4. The summed E-state index contributed by atoms with van der Waals surface area (Å²) in [5, 5.41) is 0.691. The molecule has 0 aliphatic carbocycles. The Morgan fingerprint density at radius 2 is 0.923 bits per heavy atom. The number of hydrogen-bond acceptors (Lipinski definition) is 5. The maximum atomic E-state index is 14.1. The fourth-order valence-electron chi connectivity index (χ4n) is 5.25. The van der Waals surface area contributed by atoms with E-state index in [2.05, 4.69) is 0 Å². The van der Waals surface area contributed by atoms with Gasteiger partial charge in [0.15, 0.2) is 0 Å². The zero-order valence-electron chi connectivity index (χ0n) is 20.3. The number of amides is 4. The summed E-state index contributed by atoms with van der Waals surface area (Å²) in [4.78, 5) is 59.2. The molecule has 0 aromatic heterocycles. The highest BCUT2D eigenvalue weighted by Crippen LogP contribution is 2.45. The quantitative estimate of drug-likeness (QED) is 0.247. The van der Waals surface area contributed by atoms with E-state index in [9.17, 15) is 19.2 Å². The lowest BCUT2D eigenvalue weighted by Gasteiger charge is -2.33. The lowest BCUT2D eigenvalue weighted by Crippen LogP contribution is -2.43. The van der Waals surface area contributed by atoms with Gasteiger partial charge in [-0.1, -0.05) is 66.4 Å². The van der Waals surface area contributed by atoms with Gasteiger partial charge in [0.25, 0.3) is 23.6 Å². The molecule has 6 nitrogen and oxygen atoms in total. The largest absolute Gasteiger partial charge is 0.268 e.